The number of rotatable bonds is 2. The Labute approximate surface area is 97.6 Å². The molecule has 16 heavy (non-hydrogen) atoms. The second-order valence-electron chi connectivity index (χ2n) is 5.09. The molecule has 1 aliphatic heterocycles. The first-order valence-corrected chi connectivity index (χ1v) is 5.53. The van der Waals surface area contributed by atoms with Gasteiger partial charge in [0.1, 0.15) is 12.2 Å². The number of nitrogens with two attached hydrogens (primary N) is 1. The number of ether oxygens (including phenoxy) is 2. The first kappa shape index (κ1) is 13.3. The zero-order valence-electron chi connectivity index (χ0n) is 10.9. The van der Waals surface area contributed by atoms with Gasteiger partial charge in [-0.2, -0.15) is 0 Å². The fourth-order valence-electron chi connectivity index (χ4n) is 1.80. The van der Waals surface area contributed by atoms with Crippen molar-refractivity contribution in [1.82, 2.24) is 4.90 Å². The molecule has 0 aromatic rings. The van der Waals surface area contributed by atoms with Gasteiger partial charge in [0.05, 0.1) is 5.54 Å². The monoisotopic (exact) mass is 229 g/mol. The molecule has 1 fully saturated rings. The van der Waals surface area contributed by atoms with E-state index in [0.29, 0.717) is 5.96 Å². The minimum absolute atomic E-state index is 0.0683. The summed E-state index contributed by atoms with van der Waals surface area (Å²) in [7, 11) is 3.38. The standard InChI is InChI=1S/C11H23N3O2/c1-11(2,3)13-10(12)14-6-8(15-4)9(7-14)16-5/h8-9H,6-7H2,1-5H3,(H2,12,13). The molecule has 1 rings (SSSR count). The summed E-state index contributed by atoms with van der Waals surface area (Å²) in [5.41, 5.74) is 5.81. The molecular weight excluding hydrogens is 206 g/mol. The molecule has 5 nitrogen and oxygen atoms in total. The zero-order chi connectivity index (χ0) is 12.3. The molecule has 1 heterocycles. The average molecular weight is 229 g/mol. The maximum Gasteiger partial charge on any atom is 0.191 e. The second-order valence-corrected chi connectivity index (χ2v) is 5.09. The van der Waals surface area contributed by atoms with Gasteiger partial charge in [-0.15, -0.1) is 0 Å². The van der Waals surface area contributed by atoms with E-state index in [1.807, 2.05) is 25.7 Å². The predicted molar refractivity (Wildman–Crippen MR) is 64.5 cm³/mol. The van der Waals surface area contributed by atoms with Crippen LogP contribution in [0.4, 0.5) is 0 Å². The molecule has 1 saturated heterocycles. The third kappa shape index (κ3) is 3.35. The molecule has 0 aromatic carbocycles. The van der Waals surface area contributed by atoms with Crippen molar-refractivity contribution in [3.05, 3.63) is 0 Å². The maximum atomic E-state index is 5.96. The van der Waals surface area contributed by atoms with Crippen LogP contribution < -0.4 is 5.73 Å². The van der Waals surface area contributed by atoms with Crippen LogP contribution in [0.3, 0.4) is 0 Å². The van der Waals surface area contributed by atoms with Crippen molar-refractivity contribution in [1.29, 1.82) is 0 Å². The summed E-state index contributed by atoms with van der Waals surface area (Å²) in [6.45, 7) is 7.55. The molecule has 0 radical (unpaired) electrons. The van der Waals surface area contributed by atoms with Gasteiger partial charge in [-0.3, -0.25) is 0 Å². The lowest BCUT2D eigenvalue weighted by Crippen LogP contribution is -2.38. The van der Waals surface area contributed by atoms with Crippen molar-refractivity contribution in [3.63, 3.8) is 0 Å². The maximum absolute atomic E-state index is 5.96. The van der Waals surface area contributed by atoms with Gasteiger partial charge in [-0.05, 0) is 20.8 Å². The van der Waals surface area contributed by atoms with E-state index in [1.165, 1.54) is 0 Å². The van der Waals surface area contributed by atoms with Gasteiger partial charge in [0.2, 0.25) is 0 Å². The fourth-order valence-corrected chi connectivity index (χ4v) is 1.80. The Hall–Kier alpha value is -0.810. The molecule has 0 aliphatic carbocycles. The Morgan fingerprint density at radius 3 is 1.94 bits per heavy atom. The highest BCUT2D eigenvalue weighted by Crippen LogP contribution is 2.16. The van der Waals surface area contributed by atoms with Gasteiger partial charge in [-0.25, -0.2) is 4.99 Å². The number of aliphatic imine (C=N–C) groups is 1. The molecule has 94 valence electrons. The zero-order valence-corrected chi connectivity index (χ0v) is 10.9. The molecule has 0 spiro atoms. The highest BCUT2D eigenvalue weighted by molar-refractivity contribution is 5.79. The molecule has 2 N–H and O–H groups in total. The van der Waals surface area contributed by atoms with Gasteiger partial charge in [-0.1, -0.05) is 0 Å². The van der Waals surface area contributed by atoms with Gasteiger partial charge >= 0.3 is 0 Å². The third-order valence-electron chi connectivity index (χ3n) is 2.59. The SMILES string of the molecule is COC1CN(C(N)=NC(C)(C)C)CC1OC. The summed E-state index contributed by atoms with van der Waals surface area (Å²) < 4.78 is 10.7. The molecule has 2 atom stereocenters. The highest BCUT2D eigenvalue weighted by Gasteiger charge is 2.34. The summed E-state index contributed by atoms with van der Waals surface area (Å²) in [6.07, 6.45) is 0.137. The van der Waals surface area contributed by atoms with Crippen LogP contribution in [0.15, 0.2) is 4.99 Å². The Kier molecular flexibility index (Phi) is 4.15. The van der Waals surface area contributed by atoms with Crippen molar-refractivity contribution < 1.29 is 9.47 Å². The number of likely N-dealkylation sites (tertiary alicyclic amines) is 1. The van der Waals surface area contributed by atoms with Crippen LogP contribution >= 0.6 is 0 Å². The highest BCUT2D eigenvalue weighted by atomic mass is 16.5. The van der Waals surface area contributed by atoms with Crippen LogP contribution in [-0.2, 0) is 9.47 Å². The molecule has 0 amide bonds. The summed E-state index contributed by atoms with van der Waals surface area (Å²) in [4.78, 5) is 6.45. The van der Waals surface area contributed by atoms with Gasteiger partial charge in [0, 0.05) is 27.3 Å². The number of hydrogen-bond acceptors (Lipinski definition) is 3. The van der Waals surface area contributed by atoms with Crippen LogP contribution in [0, 0.1) is 0 Å². The Morgan fingerprint density at radius 1 is 1.19 bits per heavy atom. The average Bonchev–Trinajstić information content (AvgIpc) is 2.57. The van der Waals surface area contributed by atoms with Crippen LogP contribution in [-0.4, -0.2) is 55.9 Å². The molecule has 2 unspecified atom stereocenters. The van der Waals surface area contributed by atoms with E-state index >= 15 is 0 Å². The Morgan fingerprint density at radius 2 is 1.62 bits per heavy atom. The minimum Gasteiger partial charge on any atom is -0.377 e. The van der Waals surface area contributed by atoms with Crippen molar-refractivity contribution in [3.8, 4) is 0 Å². The first-order chi connectivity index (χ1) is 7.37. The van der Waals surface area contributed by atoms with Crippen LogP contribution in [0.5, 0.6) is 0 Å². The van der Waals surface area contributed by atoms with Gasteiger partial charge < -0.3 is 20.1 Å². The number of methoxy groups -OCH3 is 2. The van der Waals surface area contributed by atoms with Crippen LogP contribution in [0.1, 0.15) is 20.8 Å². The van der Waals surface area contributed by atoms with Gasteiger partial charge in [0.15, 0.2) is 5.96 Å². The molecular formula is C11H23N3O2. The molecule has 0 bridgehead atoms. The Balaban J connectivity index is 2.67. The number of nitrogens with zero attached hydrogens (tertiary/aromatic N) is 2. The number of guanidine groups is 1. The van der Waals surface area contributed by atoms with Gasteiger partial charge in [0.25, 0.3) is 0 Å². The van der Waals surface area contributed by atoms with Crippen LogP contribution in [0.2, 0.25) is 0 Å². The molecule has 1 aliphatic rings. The van der Waals surface area contributed by atoms with Crippen LogP contribution in [0.25, 0.3) is 0 Å². The normalized spacial score (nSPS) is 27.6. The van der Waals surface area contributed by atoms with E-state index in [4.69, 9.17) is 15.2 Å². The second kappa shape index (κ2) is 5.01. The minimum atomic E-state index is -0.155. The lowest BCUT2D eigenvalue weighted by molar-refractivity contribution is -0.00461. The fraction of sp³-hybridized carbons (Fsp3) is 0.909. The van der Waals surface area contributed by atoms with E-state index in [2.05, 4.69) is 4.99 Å². The third-order valence-corrected chi connectivity index (χ3v) is 2.59. The van der Waals surface area contributed by atoms with Crippen molar-refractivity contribution in [2.24, 2.45) is 10.7 Å². The van der Waals surface area contributed by atoms with E-state index in [0.717, 1.165) is 13.1 Å². The summed E-state index contributed by atoms with van der Waals surface area (Å²) in [5, 5.41) is 0. The van der Waals surface area contributed by atoms with Crippen molar-refractivity contribution >= 4 is 5.96 Å². The van der Waals surface area contributed by atoms with Crippen molar-refractivity contribution in [2.75, 3.05) is 27.3 Å². The lowest BCUT2D eigenvalue weighted by Gasteiger charge is -2.21. The molecule has 0 saturated carbocycles. The Bertz CT molecular complexity index is 248. The first-order valence-electron chi connectivity index (χ1n) is 5.53. The van der Waals surface area contributed by atoms with Crippen molar-refractivity contribution in [2.45, 2.75) is 38.5 Å². The van der Waals surface area contributed by atoms with E-state index in [-0.39, 0.29) is 17.7 Å². The lowest BCUT2D eigenvalue weighted by atomic mass is 10.1. The summed E-state index contributed by atoms with van der Waals surface area (Å²) in [5.74, 6) is 0.564. The number of hydrogen-bond donors (Lipinski definition) is 1. The molecule has 5 heteroatoms. The summed E-state index contributed by atoms with van der Waals surface area (Å²) in [6, 6.07) is 0. The predicted octanol–water partition coefficient (Wildman–Crippen LogP) is 0.445. The quantitative estimate of drug-likeness (QED) is 0.551. The van der Waals surface area contributed by atoms with E-state index in [1.54, 1.807) is 14.2 Å². The summed E-state index contributed by atoms with van der Waals surface area (Å²) >= 11 is 0. The topological polar surface area (TPSA) is 60.1 Å². The van der Waals surface area contributed by atoms with E-state index < -0.39 is 0 Å². The van der Waals surface area contributed by atoms with E-state index in [9.17, 15) is 0 Å². The largest absolute Gasteiger partial charge is 0.377 e. The molecule has 0 aromatic heterocycles. The smallest absolute Gasteiger partial charge is 0.191 e.